The van der Waals surface area contributed by atoms with Crippen LogP contribution in [0.5, 0.6) is 0 Å². The molecule has 1 N–H and O–H groups in total. The Hall–Kier alpha value is -1.31. The smallest absolute Gasteiger partial charge is 0.390 e. The molecule has 8 heteroatoms. The van der Waals surface area contributed by atoms with Crippen molar-refractivity contribution in [1.29, 1.82) is 0 Å². The molecule has 1 rings (SSSR count). The van der Waals surface area contributed by atoms with Crippen molar-refractivity contribution in [3.8, 4) is 0 Å². The first kappa shape index (κ1) is 12.8. The Kier molecular flexibility index (Phi) is 3.41. The Morgan fingerprint density at radius 1 is 1.31 bits per heavy atom. The third-order valence-electron chi connectivity index (χ3n) is 1.78. The molecule has 0 amide bonds. The van der Waals surface area contributed by atoms with Crippen molar-refractivity contribution in [1.82, 2.24) is 4.98 Å². The van der Waals surface area contributed by atoms with Gasteiger partial charge in [-0.15, -0.1) is 0 Å². The second-order valence-corrected chi connectivity index (χ2v) is 2.81. The van der Waals surface area contributed by atoms with Crippen molar-refractivity contribution in [2.45, 2.75) is 19.2 Å². The van der Waals surface area contributed by atoms with E-state index in [1.807, 2.05) is 0 Å². The van der Waals surface area contributed by atoms with Gasteiger partial charge in [0.2, 0.25) is 5.95 Å². The van der Waals surface area contributed by atoms with E-state index in [0.717, 1.165) is 0 Å². The molecule has 0 saturated carbocycles. The average molecular weight is 245 g/mol. The van der Waals surface area contributed by atoms with Gasteiger partial charge >= 0.3 is 6.18 Å². The summed E-state index contributed by atoms with van der Waals surface area (Å²) in [7, 11) is 0. The molecular formula is C8H5F6NO. The maximum atomic E-state index is 12.6. The van der Waals surface area contributed by atoms with Crippen LogP contribution in [0.1, 0.15) is 23.2 Å². The number of halogens is 6. The van der Waals surface area contributed by atoms with Crippen molar-refractivity contribution in [2.24, 2.45) is 0 Å². The number of aromatic nitrogens is 1. The minimum atomic E-state index is -5.13. The molecule has 0 bridgehead atoms. The fraction of sp³-hybridized carbons (Fsp3) is 0.375. The average Bonchev–Trinajstić information content (AvgIpc) is 2.14. The van der Waals surface area contributed by atoms with E-state index in [4.69, 9.17) is 5.11 Å². The maximum absolute atomic E-state index is 12.6. The number of aliphatic hydroxyl groups is 1. The van der Waals surface area contributed by atoms with E-state index in [-0.39, 0.29) is 6.07 Å². The predicted molar refractivity (Wildman–Crippen MR) is 40.1 cm³/mol. The Bertz CT molecular complexity index is 389. The molecule has 0 aliphatic carbocycles. The summed E-state index contributed by atoms with van der Waals surface area (Å²) in [4.78, 5) is 2.79. The minimum Gasteiger partial charge on any atom is -0.390 e. The van der Waals surface area contributed by atoms with E-state index in [2.05, 4.69) is 4.98 Å². The lowest BCUT2D eigenvalue weighted by atomic mass is 10.1. The topological polar surface area (TPSA) is 33.1 Å². The van der Waals surface area contributed by atoms with Gasteiger partial charge in [0.1, 0.15) is 0 Å². The SMILES string of the molecule is OCc1nc(F)cc(C(F)(F)F)c1C(F)F. The molecule has 1 heterocycles. The Balaban J connectivity index is 3.51. The van der Waals surface area contributed by atoms with E-state index in [1.54, 1.807) is 0 Å². The van der Waals surface area contributed by atoms with Gasteiger partial charge in [0.25, 0.3) is 6.43 Å². The molecule has 1 aromatic rings. The van der Waals surface area contributed by atoms with E-state index in [0.29, 0.717) is 0 Å². The molecule has 0 fully saturated rings. The highest BCUT2D eigenvalue weighted by Crippen LogP contribution is 2.37. The molecule has 0 radical (unpaired) electrons. The molecule has 0 aliphatic rings. The van der Waals surface area contributed by atoms with Crippen molar-refractivity contribution in [3.63, 3.8) is 0 Å². The molecule has 0 spiro atoms. The van der Waals surface area contributed by atoms with E-state index in [1.165, 1.54) is 0 Å². The summed E-state index contributed by atoms with van der Waals surface area (Å²) in [6, 6.07) is -0.124. The third kappa shape index (κ3) is 2.43. The highest BCUT2D eigenvalue weighted by molar-refractivity contribution is 5.33. The van der Waals surface area contributed by atoms with Crippen molar-refractivity contribution < 1.29 is 31.4 Å². The summed E-state index contributed by atoms with van der Waals surface area (Å²) in [5.74, 6) is -1.57. The van der Waals surface area contributed by atoms with Crippen LogP contribution in [0.4, 0.5) is 26.3 Å². The Labute approximate surface area is 85.5 Å². The lowest BCUT2D eigenvalue weighted by Crippen LogP contribution is -2.14. The van der Waals surface area contributed by atoms with Crippen LogP contribution in [-0.4, -0.2) is 10.1 Å². The monoisotopic (exact) mass is 245 g/mol. The van der Waals surface area contributed by atoms with Gasteiger partial charge in [-0.1, -0.05) is 0 Å². The molecule has 0 atom stereocenters. The normalized spacial score (nSPS) is 12.2. The molecule has 0 saturated heterocycles. The summed E-state index contributed by atoms with van der Waals surface area (Å²) >= 11 is 0. The zero-order chi connectivity index (χ0) is 12.5. The number of nitrogens with zero attached hydrogens (tertiary/aromatic N) is 1. The van der Waals surface area contributed by atoms with Gasteiger partial charge in [0, 0.05) is 6.07 Å². The van der Waals surface area contributed by atoms with Gasteiger partial charge in [-0.25, -0.2) is 13.8 Å². The lowest BCUT2D eigenvalue weighted by Gasteiger charge is -2.14. The molecule has 90 valence electrons. The first-order valence-electron chi connectivity index (χ1n) is 3.93. The standard InChI is InChI=1S/C8H5F6NO/c9-5-1-3(8(12,13)14)6(7(10)11)4(2-16)15-5/h1,7,16H,2H2. The van der Waals surface area contributed by atoms with Gasteiger partial charge < -0.3 is 5.11 Å². The molecule has 1 aromatic heterocycles. The van der Waals surface area contributed by atoms with E-state index in [9.17, 15) is 26.3 Å². The van der Waals surface area contributed by atoms with Gasteiger partial charge in [-0.05, 0) is 0 Å². The zero-order valence-electron chi connectivity index (χ0n) is 7.52. The quantitative estimate of drug-likeness (QED) is 0.641. The molecule has 0 aromatic carbocycles. The number of aliphatic hydroxyl groups excluding tert-OH is 1. The number of hydrogen-bond donors (Lipinski definition) is 1. The fourth-order valence-corrected chi connectivity index (χ4v) is 1.17. The van der Waals surface area contributed by atoms with Crippen LogP contribution in [0.25, 0.3) is 0 Å². The number of hydrogen-bond acceptors (Lipinski definition) is 2. The minimum absolute atomic E-state index is 0.124. The van der Waals surface area contributed by atoms with Crippen LogP contribution in [0, 0.1) is 5.95 Å². The van der Waals surface area contributed by atoms with Crippen molar-refractivity contribution in [3.05, 3.63) is 28.8 Å². The van der Waals surface area contributed by atoms with Crippen LogP contribution < -0.4 is 0 Å². The second-order valence-electron chi connectivity index (χ2n) is 2.81. The second kappa shape index (κ2) is 4.28. The maximum Gasteiger partial charge on any atom is 0.417 e. The number of rotatable bonds is 2. The Morgan fingerprint density at radius 2 is 1.88 bits per heavy atom. The molecule has 16 heavy (non-hydrogen) atoms. The molecule has 0 aliphatic heterocycles. The van der Waals surface area contributed by atoms with E-state index >= 15 is 0 Å². The van der Waals surface area contributed by atoms with Gasteiger partial charge in [-0.3, -0.25) is 0 Å². The van der Waals surface area contributed by atoms with Gasteiger partial charge in [0.15, 0.2) is 0 Å². The molecular weight excluding hydrogens is 240 g/mol. The largest absolute Gasteiger partial charge is 0.417 e. The highest BCUT2D eigenvalue weighted by Gasteiger charge is 2.38. The fourth-order valence-electron chi connectivity index (χ4n) is 1.17. The van der Waals surface area contributed by atoms with Crippen LogP contribution >= 0.6 is 0 Å². The third-order valence-corrected chi connectivity index (χ3v) is 1.78. The van der Waals surface area contributed by atoms with Crippen molar-refractivity contribution in [2.75, 3.05) is 0 Å². The van der Waals surface area contributed by atoms with Crippen molar-refractivity contribution >= 4 is 0 Å². The first-order chi connectivity index (χ1) is 7.27. The lowest BCUT2D eigenvalue weighted by molar-refractivity contribution is -0.140. The predicted octanol–water partition coefficient (Wildman–Crippen LogP) is 2.67. The summed E-state index contributed by atoms with van der Waals surface area (Å²) < 4.78 is 74.2. The summed E-state index contributed by atoms with van der Waals surface area (Å²) in [5.41, 5.74) is -4.32. The Morgan fingerprint density at radius 3 is 2.25 bits per heavy atom. The van der Waals surface area contributed by atoms with Crippen LogP contribution in [-0.2, 0) is 12.8 Å². The number of pyridine rings is 1. The summed E-state index contributed by atoms with van der Waals surface area (Å²) in [5, 5.41) is 8.55. The van der Waals surface area contributed by atoms with E-state index < -0.39 is 42.0 Å². The van der Waals surface area contributed by atoms with Crippen LogP contribution in [0.2, 0.25) is 0 Å². The van der Waals surface area contributed by atoms with Crippen LogP contribution in [0.3, 0.4) is 0 Å². The van der Waals surface area contributed by atoms with Crippen LogP contribution in [0.15, 0.2) is 6.07 Å². The highest BCUT2D eigenvalue weighted by atomic mass is 19.4. The first-order valence-corrected chi connectivity index (χ1v) is 3.93. The number of alkyl halides is 5. The summed E-state index contributed by atoms with van der Waals surface area (Å²) in [6.07, 6.45) is -8.62. The molecule has 2 nitrogen and oxygen atoms in total. The van der Waals surface area contributed by atoms with Gasteiger partial charge in [0.05, 0.1) is 23.4 Å². The summed E-state index contributed by atoms with van der Waals surface area (Å²) in [6.45, 7) is -1.19. The van der Waals surface area contributed by atoms with Gasteiger partial charge in [-0.2, -0.15) is 17.6 Å². The zero-order valence-corrected chi connectivity index (χ0v) is 7.52. The molecule has 0 unspecified atom stereocenters.